The SMILES string of the molecule is COc1cc(NC(C)(C)C(N)=O)ncn1. The van der Waals surface area contributed by atoms with E-state index >= 15 is 0 Å². The van der Waals surface area contributed by atoms with Gasteiger partial charge in [0.1, 0.15) is 17.7 Å². The molecule has 82 valence electrons. The highest BCUT2D eigenvalue weighted by molar-refractivity contribution is 5.86. The number of ether oxygens (including phenoxy) is 1. The molecule has 0 radical (unpaired) electrons. The van der Waals surface area contributed by atoms with E-state index in [-0.39, 0.29) is 0 Å². The van der Waals surface area contributed by atoms with Crippen molar-refractivity contribution >= 4 is 11.7 Å². The number of nitrogens with zero attached hydrogens (tertiary/aromatic N) is 2. The fourth-order valence-electron chi connectivity index (χ4n) is 0.901. The monoisotopic (exact) mass is 210 g/mol. The first-order valence-corrected chi connectivity index (χ1v) is 4.40. The second kappa shape index (κ2) is 4.12. The van der Waals surface area contributed by atoms with E-state index in [4.69, 9.17) is 10.5 Å². The van der Waals surface area contributed by atoms with E-state index in [9.17, 15) is 4.79 Å². The van der Waals surface area contributed by atoms with Crippen molar-refractivity contribution in [2.45, 2.75) is 19.4 Å². The van der Waals surface area contributed by atoms with Gasteiger partial charge in [0, 0.05) is 6.07 Å². The van der Waals surface area contributed by atoms with E-state index in [0.717, 1.165) is 0 Å². The van der Waals surface area contributed by atoms with Gasteiger partial charge < -0.3 is 15.8 Å². The molecule has 0 saturated carbocycles. The Morgan fingerprint density at radius 2 is 2.20 bits per heavy atom. The van der Waals surface area contributed by atoms with Crippen LogP contribution in [0, 0.1) is 0 Å². The van der Waals surface area contributed by atoms with Crippen molar-refractivity contribution in [3.8, 4) is 5.88 Å². The number of nitrogens with one attached hydrogen (secondary N) is 1. The molecule has 0 aliphatic rings. The molecule has 0 fully saturated rings. The Morgan fingerprint density at radius 1 is 1.53 bits per heavy atom. The molecule has 1 aromatic rings. The summed E-state index contributed by atoms with van der Waals surface area (Å²) in [4.78, 5) is 18.9. The molecule has 15 heavy (non-hydrogen) atoms. The first-order valence-electron chi connectivity index (χ1n) is 4.40. The molecule has 0 aliphatic carbocycles. The summed E-state index contributed by atoms with van der Waals surface area (Å²) in [7, 11) is 1.51. The van der Waals surface area contributed by atoms with Crippen molar-refractivity contribution in [1.29, 1.82) is 0 Å². The Bertz CT molecular complexity index is 365. The summed E-state index contributed by atoms with van der Waals surface area (Å²) < 4.78 is 4.92. The van der Waals surface area contributed by atoms with Crippen LogP contribution in [0.15, 0.2) is 12.4 Å². The van der Waals surface area contributed by atoms with Gasteiger partial charge in [0.2, 0.25) is 11.8 Å². The predicted octanol–water partition coefficient (Wildman–Crippen LogP) is 0.161. The van der Waals surface area contributed by atoms with Crippen LogP contribution in [0.1, 0.15) is 13.8 Å². The Kier molecular flexibility index (Phi) is 3.08. The number of methoxy groups -OCH3 is 1. The number of primary amides is 1. The Balaban J connectivity index is 2.85. The first-order chi connectivity index (χ1) is 6.95. The third-order valence-electron chi connectivity index (χ3n) is 1.91. The molecule has 1 rings (SSSR count). The molecule has 0 aliphatic heterocycles. The van der Waals surface area contributed by atoms with Crippen LogP contribution >= 0.6 is 0 Å². The number of carbonyl (C=O) groups is 1. The molecule has 0 bridgehead atoms. The number of anilines is 1. The van der Waals surface area contributed by atoms with Crippen LogP contribution in [0.5, 0.6) is 5.88 Å². The second-order valence-corrected chi connectivity index (χ2v) is 3.56. The number of hydrogen-bond donors (Lipinski definition) is 2. The molecule has 1 aromatic heterocycles. The van der Waals surface area contributed by atoms with E-state index in [0.29, 0.717) is 11.7 Å². The van der Waals surface area contributed by atoms with Crippen molar-refractivity contribution in [1.82, 2.24) is 9.97 Å². The van der Waals surface area contributed by atoms with Crippen LogP contribution in [0.4, 0.5) is 5.82 Å². The molecule has 0 atom stereocenters. The third kappa shape index (κ3) is 2.80. The molecular weight excluding hydrogens is 196 g/mol. The van der Waals surface area contributed by atoms with Gasteiger partial charge in [-0.05, 0) is 13.8 Å². The number of amides is 1. The maximum Gasteiger partial charge on any atom is 0.242 e. The summed E-state index contributed by atoms with van der Waals surface area (Å²) in [5.74, 6) is 0.457. The molecule has 0 aromatic carbocycles. The average Bonchev–Trinajstić information content (AvgIpc) is 2.17. The summed E-state index contributed by atoms with van der Waals surface area (Å²) in [5.41, 5.74) is 4.35. The van der Waals surface area contributed by atoms with Gasteiger partial charge in [-0.1, -0.05) is 0 Å². The third-order valence-corrected chi connectivity index (χ3v) is 1.91. The largest absolute Gasteiger partial charge is 0.481 e. The van der Waals surface area contributed by atoms with Crippen molar-refractivity contribution in [2.75, 3.05) is 12.4 Å². The summed E-state index contributed by atoms with van der Waals surface area (Å²) in [6.07, 6.45) is 1.35. The minimum absolute atomic E-state index is 0.424. The summed E-state index contributed by atoms with van der Waals surface area (Å²) in [6.45, 7) is 3.34. The van der Waals surface area contributed by atoms with Gasteiger partial charge in [0.15, 0.2) is 0 Å². The zero-order valence-corrected chi connectivity index (χ0v) is 8.94. The van der Waals surface area contributed by atoms with E-state index in [2.05, 4.69) is 15.3 Å². The van der Waals surface area contributed by atoms with Crippen molar-refractivity contribution in [3.05, 3.63) is 12.4 Å². The van der Waals surface area contributed by atoms with Crippen LogP contribution < -0.4 is 15.8 Å². The lowest BCUT2D eigenvalue weighted by Crippen LogP contribution is -2.45. The zero-order valence-electron chi connectivity index (χ0n) is 8.94. The minimum atomic E-state index is -0.862. The number of aromatic nitrogens is 2. The molecule has 6 nitrogen and oxygen atoms in total. The van der Waals surface area contributed by atoms with Gasteiger partial charge >= 0.3 is 0 Å². The molecule has 0 saturated heterocycles. The molecule has 1 heterocycles. The van der Waals surface area contributed by atoms with Crippen molar-refractivity contribution in [3.63, 3.8) is 0 Å². The van der Waals surface area contributed by atoms with Gasteiger partial charge in [-0.3, -0.25) is 4.79 Å². The van der Waals surface area contributed by atoms with Crippen LogP contribution in [0.3, 0.4) is 0 Å². The van der Waals surface area contributed by atoms with E-state index < -0.39 is 11.4 Å². The van der Waals surface area contributed by atoms with Crippen molar-refractivity contribution in [2.24, 2.45) is 5.73 Å². The number of carbonyl (C=O) groups excluding carboxylic acids is 1. The maximum absolute atomic E-state index is 11.1. The highest BCUT2D eigenvalue weighted by atomic mass is 16.5. The highest BCUT2D eigenvalue weighted by Crippen LogP contribution is 2.15. The minimum Gasteiger partial charge on any atom is -0.481 e. The fourth-order valence-corrected chi connectivity index (χ4v) is 0.901. The van der Waals surface area contributed by atoms with Crippen LogP contribution in [-0.4, -0.2) is 28.5 Å². The Labute approximate surface area is 87.9 Å². The molecule has 3 N–H and O–H groups in total. The molecule has 1 amide bonds. The van der Waals surface area contributed by atoms with Gasteiger partial charge in [-0.15, -0.1) is 0 Å². The fraction of sp³-hybridized carbons (Fsp3) is 0.444. The molecule has 0 unspecified atom stereocenters. The first kappa shape index (κ1) is 11.2. The molecule has 6 heteroatoms. The summed E-state index contributed by atoms with van der Waals surface area (Å²) >= 11 is 0. The number of hydrogen-bond acceptors (Lipinski definition) is 5. The molecule has 0 spiro atoms. The van der Waals surface area contributed by atoms with Gasteiger partial charge in [0.05, 0.1) is 7.11 Å². The van der Waals surface area contributed by atoms with Gasteiger partial charge in [0.25, 0.3) is 0 Å². The van der Waals surface area contributed by atoms with E-state index in [1.165, 1.54) is 13.4 Å². The Hall–Kier alpha value is -1.85. The normalized spacial score (nSPS) is 10.9. The quantitative estimate of drug-likeness (QED) is 0.738. The summed E-state index contributed by atoms with van der Waals surface area (Å²) in [5, 5.41) is 2.89. The molecular formula is C9H14N4O2. The average molecular weight is 210 g/mol. The van der Waals surface area contributed by atoms with Crippen LogP contribution in [0.2, 0.25) is 0 Å². The second-order valence-electron chi connectivity index (χ2n) is 3.56. The maximum atomic E-state index is 11.1. The zero-order chi connectivity index (χ0) is 11.5. The standard InChI is InChI=1S/C9H14N4O2/c1-9(2,8(10)14)13-6-4-7(15-3)12-5-11-6/h4-5H,1-3H3,(H2,10,14)(H,11,12,13). The highest BCUT2D eigenvalue weighted by Gasteiger charge is 2.24. The Morgan fingerprint density at radius 3 is 2.73 bits per heavy atom. The lowest BCUT2D eigenvalue weighted by atomic mass is 10.1. The topological polar surface area (TPSA) is 90.1 Å². The van der Waals surface area contributed by atoms with Gasteiger partial charge in [-0.2, -0.15) is 0 Å². The number of nitrogens with two attached hydrogens (primary N) is 1. The number of rotatable bonds is 4. The van der Waals surface area contributed by atoms with Crippen LogP contribution in [-0.2, 0) is 4.79 Å². The smallest absolute Gasteiger partial charge is 0.242 e. The lowest BCUT2D eigenvalue weighted by molar-refractivity contribution is -0.121. The predicted molar refractivity (Wildman–Crippen MR) is 55.5 cm³/mol. The van der Waals surface area contributed by atoms with Crippen molar-refractivity contribution < 1.29 is 9.53 Å². The van der Waals surface area contributed by atoms with E-state index in [1.54, 1.807) is 19.9 Å². The van der Waals surface area contributed by atoms with Crippen LogP contribution in [0.25, 0.3) is 0 Å². The summed E-state index contributed by atoms with van der Waals surface area (Å²) in [6, 6.07) is 1.59. The van der Waals surface area contributed by atoms with E-state index in [1.807, 2.05) is 0 Å². The van der Waals surface area contributed by atoms with Gasteiger partial charge in [-0.25, -0.2) is 9.97 Å². The lowest BCUT2D eigenvalue weighted by Gasteiger charge is -2.22.